The predicted molar refractivity (Wildman–Crippen MR) is 77.0 cm³/mol. The van der Waals surface area contributed by atoms with Gasteiger partial charge in [-0.3, -0.25) is 4.79 Å². The van der Waals surface area contributed by atoms with Crippen LogP contribution in [0.15, 0.2) is 18.2 Å². The molecule has 1 unspecified atom stereocenters. The minimum Gasteiger partial charge on any atom is -0.496 e. The maximum atomic E-state index is 11.6. The van der Waals surface area contributed by atoms with Crippen LogP contribution in [-0.2, 0) is 16.1 Å². The molecule has 1 rings (SSSR count). The fraction of sp³-hybridized carbons (Fsp3) is 0.417. The smallest absolute Gasteiger partial charge is 0.239 e. The summed E-state index contributed by atoms with van der Waals surface area (Å²) in [6.07, 6.45) is 0. The number of nitrogens with two attached hydrogens (primary N) is 1. The van der Waals surface area contributed by atoms with Gasteiger partial charge in [0.05, 0.1) is 13.7 Å². The van der Waals surface area contributed by atoms with Gasteiger partial charge < -0.3 is 20.5 Å². The summed E-state index contributed by atoms with van der Waals surface area (Å²) < 4.78 is 9.98. The van der Waals surface area contributed by atoms with E-state index in [1.54, 1.807) is 25.3 Å². The summed E-state index contributed by atoms with van der Waals surface area (Å²) in [4.78, 5) is 11.6. The Hall–Kier alpha value is -1.01. The zero-order valence-corrected chi connectivity index (χ0v) is 12.4. The van der Waals surface area contributed by atoms with Gasteiger partial charge in [-0.05, 0) is 18.2 Å². The molecule has 1 amide bonds. The van der Waals surface area contributed by atoms with E-state index in [0.717, 1.165) is 5.56 Å². The number of halogens is 2. The monoisotopic (exact) mass is 308 g/mol. The van der Waals surface area contributed by atoms with Crippen LogP contribution >= 0.6 is 24.0 Å². The van der Waals surface area contributed by atoms with Crippen LogP contribution in [-0.4, -0.2) is 32.8 Å². The van der Waals surface area contributed by atoms with Crippen molar-refractivity contribution in [3.63, 3.8) is 0 Å². The highest BCUT2D eigenvalue weighted by Gasteiger charge is 2.13. The van der Waals surface area contributed by atoms with Gasteiger partial charge in [0, 0.05) is 24.2 Å². The van der Waals surface area contributed by atoms with E-state index < -0.39 is 6.04 Å². The van der Waals surface area contributed by atoms with Gasteiger partial charge >= 0.3 is 0 Å². The van der Waals surface area contributed by atoms with Crippen molar-refractivity contribution in [2.24, 2.45) is 5.73 Å². The first kappa shape index (κ1) is 18.0. The van der Waals surface area contributed by atoms with Crippen LogP contribution < -0.4 is 15.8 Å². The number of hydrogen-bond acceptors (Lipinski definition) is 4. The highest BCUT2D eigenvalue weighted by atomic mass is 35.5. The SMILES string of the molecule is COCC(N)C(=O)NCc1cc(Cl)ccc1OC.Cl. The maximum Gasteiger partial charge on any atom is 0.239 e. The first-order chi connectivity index (χ1) is 8.58. The molecule has 0 fully saturated rings. The number of benzene rings is 1. The Balaban J connectivity index is 0.00000324. The number of amides is 1. The fourth-order valence-corrected chi connectivity index (χ4v) is 1.65. The lowest BCUT2D eigenvalue weighted by atomic mass is 10.2. The van der Waals surface area contributed by atoms with Crippen LogP contribution in [0, 0.1) is 0 Å². The summed E-state index contributed by atoms with van der Waals surface area (Å²) in [5, 5.41) is 3.29. The molecule has 108 valence electrons. The van der Waals surface area contributed by atoms with E-state index in [-0.39, 0.29) is 24.9 Å². The standard InChI is InChI=1S/C12H17ClN2O3.ClH/c1-17-7-10(14)12(16)15-6-8-5-9(13)3-4-11(8)18-2;/h3-5,10H,6-7,14H2,1-2H3,(H,15,16);1H. The van der Waals surface area contributed by atoms with Crippen LogP contribution in [0.3, 0.4) is 0 Å². The average molecular weight is 309 g/mol. The Labute approximate surface area is 123 Å². The Morgan fingerprint density at radius 2 is 2.16 bits per heavy atom. The zero-order valence-electron chi connectivity index (χ0n) is 10.8. The van der Waals surface area contributed by atoms with Gasteiger partial charge in [-0.15, -0.1) is 12.4 Å². The van der Waals surface area contributed by atoms with Crippen molar-refractivity contribution in [2.75, 3.05) is 20.8 Å². The summed E-state index contributed by atoms with van der Waals surface area (Å²) in [6.45, 7) is 0.485. The summed E-state index contributed by atoms with van der Waals surface area (Å²) in [6, 6.07) is 4.53. The number of carbonyl (C=O) groups is 1. The summed E-state index contributed by atoms with van der Waals surface area (Å²) in [7, 11) is 3.05. The van der Waals surface area contributed by atoms with Crippen LogP contribution in [0.1, 0.15) is 5.56 Å². The molecule has 0 aliphatic carbocycles. The van der Waals surface area contributed by atoms with Gasteiger partial charge in [0.1, 0.15) is 11.8 Å². The number of nitrogens with one attached hydrogen (secondary N) is 1. The largest absolute Gasteiger partial charge is 0.496 e. The first-order valence-corrected chi connectivity index (χ1v) is 5.81. The molecule has 0 heterocycles. The van der Waals surface area contributed by atoms with Gasteiger partial charge in [0.25, 0.3) is 0 Å². The molecule has 7 heteroatoms. The van der Waals surface area contributed by atoms with E-state index in [0.29, 0.717) is 17.3 Å². The zero-order chi connectivity index (χ0) is 13.5. The molecule has 1 aromatic rings. The van der Waals surface area contributed by atoms with E-state index in [1.165, 1.54) is 7.11 Å². The molecule has 3 N–H and O–H groups in total. The molecule has 5 nitrogen and oxygen atoms in total. The first-order valence-electron chi connectivity index (χ1n) is 5.43. The van der Waals surface area contributed by atoms with Crippen molar-refractivity contribution in [3.8, 4) is 5.75 Å². The van der Waals surface area contributed by atoms with E-state index in [4.69, 9.17) is 26.8 Å². The molecule has 0 aromatic heterocycles. The summed E-state index contributed by atoms with van der Waals surface area (Å²) in [5.74, 6) is 0.388. The van der Waals surface area contributed by atoms with Crippen molar-refractivity contribution in [1.82, 2.24) is 5.32 Å². The molecule has 1 aromatic carbocycles. The maximum absolute atomic E-state index is 11.6. The molecule has 0 saturated heterocycles. The number of rotatable bonds is 6. The van der Waals surface area contributed by atoms with Crippen molar-refractivity contribution >= 4 is 29.9 Å². The van der Waals surface area contributed by atoms with Crippen molar-refractivity contribution in [3.05, 3.63) is 28.8 Å². The van der Waals surface area contributed by atoms with Crippen LogP contribution in [0.5, 0.6) is 5.75 Å². The lowest BCUT2D eigenvalue weighted by Gasteiger charge is -2.13. The number of carbonyl (C=O) groups excluding carboxylic acids is 1. The minimum atomic E-state index is -0.680. The normalized spacial score (nSPS) is 11.4. The Kier molecular flexibility index (Phi) is 8.51. The quantitative estimate of drug-likeness (QED) is 0.832. The van der Waals surface area contributed by atoms with Crippen molar-refractivity contribution in [2.45, 2.75) is 12.6 Å². The third kappa shape index (κ3) is 5.65. The number of hydrogen-bond donors (Lipinski definition) is 2. The van der Waals surface area contributed by atoms with Crippen molar-refractivity contribution in [1.29, 1.82) is 0 Å². The molecule has 0 radical (unpaired) electrons. The second-order valence-electron chi connectivity index (χ2n) is 3.74. The number of ether oxygens (including phenoxy) is 2. The second-order valence-corrected chi connectivity index (χ2v) is 4.17. The van der Waals surface area contributed by atoms with E-state index in [2.05, 4.69) is 5.32 Å². The Morgan fingerprint density at radius 3 is 2.74 bits per heavy atom. The minimum absolute atomic E-state index is 0. The van der Waals surface area contributed by atoms with Gasteiger partial charge in [0.2, 0.25) is 5.91 Å². The average Bonchev–Trinajstić information content (AvgIpc) is 2.36. The predicted octanol–water partition coefficient (Wildman–Crippen LogP) is 1.36. The summed E-state index contributed by atoms with van der Waals surface area (Å²) in [5.41, 5.74) is 6.39. The van der Waals surface area contributed by atoms with E-state index in [9.17, 15) is 4.79 Å². The van der Waals surface area contributed by atoms with Gasteiger partial charge in [-0.1, -0.05) is 11.6 Å². The molecule has 0 saturated carbocycles. The second kappa shape index (κ2) is 8.98. The van der Waals surface area contributed by atoms with Gasteiger partial charge in [0.15, 0.2) is 0 Å². The molecule has 0 aliphatic heterocycles. The van der Waals surface area contributed by atoms with Crippen LogP contribution in [0.4, 0.5) is 0 Å². The molecule has 19 heavy (non-hydrogen) atoms. The van der Waals surface area contributed by atoms with Gasteiger partial charge in [-0.2, -0.15) is 0 Å². The fourth-order valence-electron chi connectivity index (χ4n) is 1.45. The van der Waals surface area contributed by atoms with Crippen LogP contribution in [0.2, 0.25) is 5.02 Å². The molecule has 1 atom stereocenters. The van der Waals surface area contributed by atoms with E-state index >= 15 is 0 Å². The van der Waals surface area contributed by atoms with Crippen molar-refractivity contribution < 1.29 is 14.3 Å². The summed E-state index contributed by atoms with van der Waals surface area (Å²) >= 11 is 5.89. The highest BCUT2D eigenvalue weighted by molar-refractivity contribution is 6.30. The molecule has 0 bridgehead atoms. The highest BCUT2D eigenvalue weighted by Crippen LogP contribution is 2.22. The molecular formula is C12H18Cl2N2O3. The molecule has 0 spiro atoms. The third-order valence-electron chi connectivity index (χ3n) is 2.38. The van der Waals surface area contributed by atoms with Crippen LogP contribution in [0.25, 0.3) is 0 Å². The lowest BCUT2D eigenvalue weighted by Crippen LogP contribution is -2.43. The lowest BCUT2D eigenvalue weighted by molar-refractivity contribution is -0.123. The van der Waals surface area contributed by atoms with Gasteiger partial charge in [-0.25, -0.2) is 0 Å². The molecule has 0 aliphatic rings. The van der Waals surface area contributed by atoms with E-state index in [1.807, 2.05) is 0 Å². The third-order valence-corrected chi connectivity index (χ3v) is 2.61. The topological polar surface area (TPSA) is 73.6 Å². The molecular weight excluding hydrogens is 291 g/mol. The Morgan fingerprint density at radius 1 is 1.47 bits per heavy atom. The number of methoxy groups -OCH3 is 2. The Bertz CT molecular complexity index is 416.